The Labute approximate surface area is 132 Å². The van der Waals surface area contributed by atoms with E-state index in [4.69, 9.17) is 4.74 Å². The third-order valence-corrected chi connectivity index (χ3v) is 3.68. The van der Waals surface area contributed by atoms with Gasteiger partial charge in [0.2, 0.25) is 0 Å². The second-order valence-electron chi connectivity index (χ2n) is 5.67. The van der Waals surface area contributed by atoms with E-state index in [-0.39, 0.29) is 29.3 Å². The second-order valence-corrected chi connectivity index (χ2v) is 5.67. The first-order chi connectivity index (χ1) is 10.9. The molecular formula is C16H18FN3O3. The van der Waals surface area contributed by atoms with Gasteiger partial charge in [-0.05, 0) is 38.8 Å². The molecule has 6 nitrogen and oxygen atoms in total. The number of aromatic nitrogens is 1. The van der Waals surface area contributed by atoms with Gasteiger partial charge in [0.05, 0.1) is 5.69 Å². The number of amides is 2. The van der Waals surface area contributed by atoms with Crippen molar-refractivity contribution in [1.29, 1.82) is 0 Å². The number of hydrogen-bond donors (Lipinski definition) is 4. The van der Waals surface area contributed by atoms with Gasteiger partial charge in [0, 0.05) is 23.4 Å². The number of aryl methyl sites for hydroxylation is 1. The standard InChI is InChI=1S/C16H18FN3O3/c1-8-11(20-16(22)19-10-3-4-10)5-6-12(15(8)17)23-13-7-14(21)18-9(13)2/h5-7,10,18,21H,3-4H2,1-2H3,(H2,19,20,22). The molecular weight excluding hydrogens is 301 g/mol. The largest absolute Gasteiger partial charge is 0.494 e. The maximum atomic E-state index is 14.4. The number of aromatic amines is 1. The summed E-state index contributed by atoms with van der Waals surface area (Å²) in [6.45, 7) is 3.27. The van der Waals surface area contributed by atoms with E-state index in [2.05, 4.69) is 15.6 Å². The first kappa shape index (κ1) is 15.2. The van der Waals surface area contributed by atoms with Gasteiger partial charge in [0.15, 0.2) is 23.2 Å². The molecule has 0 atom stereocenters. The highest BCUT2D eigenvalue weighted by molar-refractivity contribution is 5.90. The van der Waals surface area contributed by atoms with E-state index in [1.807, 2.05) is 0 Å². The van der Waals surface area contributed by atoms with Crippen LogP contribution < -0.4 is 15.4 Å². The number of hydrogen-bond acceptors (Lipinski definition) is 3. The van der Waals surface area contributed by atoms with E-state index in [9.17, 15) is 14.3 Å². The molecule has 3 rings (SSSR count). The molecule has 0 spiro atoms. The molecule has 1 aromatic carbocycles. The fourth-order valence-electron chi connectivity index (χ4n) is 2.19. The molecule has 7 heteroatoms. The number of ether oxygens (including phenoxy) is 1. The first-order valence-electron chi connectivity index (χ1n) is 7.37. The summed E-state index contributed by atoms with van der Waals surface area (Å²) in [6, 6.07) is 4.29. The maximum Gasteiger partial charge on any atom is 0.319 e. The van der Waals surface area contributed by atoms with Crippen LogP contribution in [0.2, 0.25) is 0 Å². The van der Waals surface area contributed by atoms with Crippen molar-refractivity contribution in [2.75, 3.05) is 5.32 Å². The number of carbonyl (C=O) groups is 1. The summed E-state index contributed by atoms with van der Waals surface area (Å²) in [7, 11) is 0. The molecule has 2 aromatic rings. The predicted molar refractivity (Wildman–Crippen MR) is 83.6 cm³/mol. The Morgan fingerprint density at radius 2 is 2.09 bits per heavy atom. The molecule has 0 aliphatic heterocycles. The Bertz CT molecular complexity index is 753. The Morgan fingerprint density at radius 1 is 1.35 bits per heavy atom. The first-order valence-corrected chi connectivity index (χ1v) is 7.37. The smallest absolute Gasteiger partial charge is 0.319 e. The third-order valence-electron chi connectivity index (χ3n) is 3.68. The average Bonchev–Trinajstić information content (AvgIpc) is 3.23. The summed E-state index contributed by atoms with van der Waals surface area (Å²) >= 11 is 0. The molecule has 2 amide bonds. The molecule has 1 aliphatic carbocycles. The minimum Gasteiger partial charge on any atom is -0.494 e. The van der Waals surface area contributed by atoms with E-state index < -0.39 is 5.82 Å². The van der Waals surface area contributed by atoms with Crippen LogP contribution in [0.3, 0.4) is 0 Å². The van der Waals surface area contributed by atoms with Gasteiger partial charge in [-0.3, -0.25) is 0 Å². The van der Waals surface area contributed by atoms with Gasteiger partial charge in [0.1, 0.15) is 0 Å². The fourth-order valence-corrected chi connectivity index (χ4v) is 2.19. The highest BCUT2D eigenvalue weighted by atomic mass is 19.1. The lowest BCUT2D eigenvalue weighted by atomic mass is 10.1. The minimum atomic E-state index is -0.561. The molecule has 1 fully saturated rings. The van der Waals surface area contributed by atoms with Crippen molar-refractivity contribution in [3.05, 3.63) is 35.3 Å². The molecule has 0 unspecified atom stereocenters. The van der Waals surface area contributed by atoms with Crippen molar-refractivity contribution in [2.45, 2.75) is 32.7 Å². The van der Waals surface area contributed by atoms with Gasteiger partial charge in [-0.15, -0.1) is 0 Å². The van der Waals surface area contributed by atoms with Gasteiger partial charge >= 0.3 is 6.03 Å². The normalized spacial score (nSPS) is 13.7. The molecule has 1 aliphatic rings. The number of rotatable bonds is 4. The van der Waals surface area contributed by atoms with E-state index in [0.717, 1.165) is 12.8 Å². The molecule has 4 N–H and O–H groups in total. The topological polar surface area (TPSA) is 86.4 Å². The number of aromatic hydroxyl groups is 1. The number of nitrogens with one attached hydrogen (secondary N) is 3. The average molecular weight is 319 g/mol. The highest BCUT2D eigenvalue weighted by Gasteiger charge is 2.23. The molecule has 0 radical (unpaired) electrons. The summed E-state index contributed by atoms with van der Waals surface area (Å²) in [5.74, 6) is -0.246. The number of H-pyrrole nitrogens is 1. The van der Waals surface area contributed by atoms with Gasteiger partial charge in [-0.2, -0.15) is 0 Å². The summed E-state index contributed by atoms with van der Waals surface area (Å²) in [6.07, 6.45) is 1.97. The summed E-state index contributed by atoms with van der Waals surface area (Å²) in [4.78, 5) is 14.4. The molecule has 23 heavy (non-hydrogen) atoms. The summed E-state index contributed by atoms with van der Waals surface area (Å²) in [5, 5.41) is 14.8. The van der Waals surface area contributed by atoms with Crippen LogP contribution in [0.15, 0.2) is 18.2 Å². The molecule has 0 saturated heterocycles. The van der Waals surface area contributed by atoms with Crippen LogP contribution in [0.5, 0.6) is 17.4 Å². The van der Waals surface area contributed by atoms with Crippen molar-refractivity contribution in [1.82, 2.24) is 10.3 Å². The second kappa shape index (κ2) is 5.83. The van der Waals surface area contributed by atoms with Crippen LogP contribution in [0.1, 0.15) is 24.1 Å². The Hall–Kier alpha value is -2.70. The van der Waals surface area contributed by atoms with Crippen LogP contribution in [-0.2, 0) is 0 Å². The fraction of sp³-hybridized carbons (Fsp3) is 0.312. The van der Waals surface area contributed by atoms with E-state index in [0.29, 0.717) is 17.1 Å². The lowest BCUT2D eigenvalue weighted by Crippen LogP contribution is -2.30. The summed E-state index contributed by atoms with van der Waals surface area (Å²) in [5.41, 5.74) is 1.26. The quantitative estimate of drug-likeness (QED) is 0.695. The number of urea groups is 1. The zero-order chi connectivity index (χ0) is 16.6. The van der Waals surface area contributed by atoms with E-state index in [1.54, 1.807) is 19.9 Å². The Kier molecular flexibility index (Phi) is 3.85. The van der Waals surface area contributed by atoms with Crippen molar-refractivity contribution in [2.24, 2.45) is 0 Å². The van der Waals surface area contributed by atoms with Gasteiger partial charge < -0.3 is 25.5 Å². The molecule has 1 aromatic heterocycles. The number of halogens is 1. The molecule has 1 heterocycles. The van der Waals surface area contributed by atoms with E-state index in [1.165, 1.54) is 12.1 Å². The van der Waals surface area contributed by atoms with Gasteiger partial charge in [-0.25, -0.2) is 9.18 Å². The Morgan fingerprint density at radius 3 is 2.70 bits per heavy atom. The zero-order valence-electron chi connectivity index (χ0n) is 12.9. The maximum absolute atomic E-state index is 14.4. The van der Waals surface area contributed by atoms with Crippen LogP contribution in [0.25, 0.3) is 0 Å². The Balaban J connectivity index is 1.76. The van der Waals surface area contributed by atoms with Crippen molar-refractivity contribution in [3.63, 3.8) is 0 Å². The SMILES string of the molecule is Cc1[nH]c(O)cc1Oc1ccc(NC(=O)NC2CC2)c(C)c1F. The number of benzene rings is 1. The van der Waals surface area contributed by atoms with Crippen LogP contribution >= 0.6 is 0 Å². The van der Waals surface area contributed by atoms with Crippen LogP contribution in [0.4, 0.5) is 14.9 Å². The van der Waals surface area contributed by atoms with Crippen LogP contribution in [-0.4, -0.2) is 22.2 Å². The third kappa shape index (κ3) is 3.39. The molecule has 1 saturated carbocycles. The van der Waals surface area contributed by atoms with Crippen molar-refractivity contribution >= 4 is 11.7 Å². The molecule has 0 bridgehead atoms. The van der Waals surface area contributed by atoms with Crippen molar-refractivity contribution in [3.8, 4) is 17.4 Å². The minimum absolute atomic E-state index is 0.0257. The summed E-state index contributed by atoms with van der Waals surface area (Å²) < 4.78 is 19.9. The molecule has 122 valence electrons. The van der Waals surface area contributed by atoms with Crippen molar-refractivity contribution < 1.29 is 19.0 Å². The lowest BCUT2D eigenvalue weighted by Gasteiger charge is -2.13. The van der Waals surface area contributed by atoms with E-state index >= 15 is 0 Å². The predicted octanol–water partition coefficient (Wildman–Crippen LogP) is 3.55. The lowest BCUT2D eigenvalue weighted by molar-refractivity contribution is 0.251. The van der Waals surface area contributed by atoms with Crippen LogP contribution in [0, 0.1) is 19.7 Å². The van der Waals surface area contributed by atoms with Gasteiger partial charge in [-0.1, -0.05) is 0 Å². The zero-order valence-corrected chi connectivity index (χ0v) is 12.9. The number of anilines is 1. The number of carbonyl (C=O) groups excluding carboxylic acids is 1. The van der Waals surface area contributed by atoms with Gasteiger partial charge in [0.25, 0.3) is 0 Å². The monoisotopic (exact) mass is 319 g/mol. The highest BCUT2D eigenvalue weighted by Crippen LogP contribution is 2.33.